The molecule has 1 fully saturated rings. The number of carbonyl (C=O) groups excluding carboxylic acids is 1. The molecule has 30 heavy (non-hydrogen) atoms. The van der Waals surface area contributed by atoms with Crippen LogP contribution in [-0.2, 0) is 26.1 Å². The van der Waals surface area contributed by atoms with Crippen molar-refractivity contribution in [2.24, 2.45) is 0 Å². The maximum absolute atomic E-state index is 13.0. The molecule has 2 aromatic heterocycles. The highest BCUT2D eigenvalue weighted by Crippen LogP contribution is 2.23. The Bertz CT molecular complexity index is 1130. The highest BCUT2D eigenvalue weighted by molar-refractivity contribution is 7.89. The van der Waals surface area contributed by atoms with Crippen LogP contribution in [0.2, 0.25) is 0 Å². The number of rotatable bonds is 6. The Morgan fingerprint density at radius 3 is 2.80 bits per heavy atom. The smallest absolute Gasteiger partial charge is 0.338 e. The normalized spacial score (nSPS) is 15.2. The van der Waals surface area contributed by atoms with Gasteiger partial charge in [-0.3, -0.25) is 0 Å². The Morgan fingerprint density at radius 1 is 1.27 bits per heavy atom. The molecule has 0 amide bonds. The quantitative estimate of drug-likeness (QED) is 0.528. The fourth-order valence-electron chi connectivity index (χ4n) is 2.96. The maximum Gasteiger partial charge on any atom is 0.338 e. The molecule has 4 rings (SSSR count). The zero-order chi connectivity index (χ0) is 21.1. The van der Waals surface area contributed by atoms with Gasteiger partial charge >= 0.3 is 5.97 Å². The van der Waals surface area contributed by atoms with Crippen molar-refractivity contribution in [3.05, 3.63) is 52.0 Å². The van der Waals surface area contributed by atoms with Crippen molar-refractivity contribution in [2.75, 3.05) is 26.3 Å². The molecule has 0 saturated carbocycles. The number of hydrogen-bond donors (Lipinski definition) is 0. The van der Waals surface area contributed by atoms with E-state index in [4.69, 9.17) is 14.0 Å². The van der Waals surface area contributed by atoms with Crippen LogP contribution in [0.4, 0.5) is 0 Å². The Kier molecular flexibility index (Phi) is 5.95. The molecule has 0 N–H and O–H groups in total. The molecular formula is C19H19N3O6S2. The summed E-state index contributed by atoms with van der Waals surface area (Å²) < 4.78 is 42.9. The summed E-state index contributed by atoms with van der Waals surface area (Å²) in [4.78, 5) is 16.8. The number of ether oxygens (including phenoxy) is 2. The van der Waals surface area contributed by atoms with E-state index in [1.54, 1.807) is 13.0 Å². The molecule has 0 radical (unpaired) electrons. The van der Waals surface area contributed by atoms with Crippen LogP contribution in [0.25, 0.3) is 11.5 Å². The topological polar surface area (TPSA) is 112 Å². The van der Waals surface area contributed by atoms with Crippen LogP contribution in [-0.4, -0.2) is 55.1 Å². The molecule has 1 aliphatic heterocycles. The molecule has 0 unspecified atom stereocenters. The molecule has 1 aliphatic rings. The van der Waals surface area contributed by atoms with E-state index in [2.05, 4.69) is 10.1 Å². The van der Waals surface area contributed by atoms with Gasteiger partial charge in [0.25, 0.3) is 5.89 Å². The number of hydrogen-bond acceptors (Lipinski definition) is 9. The van der Waals surface area contributed by atoms with Crippen molar-refractivity contribution >= 4 is 27.3 Å². The molecule has 0 bridgehead atoms. The average Bonchev–Trinajstić information content (AvgIpc) is 3.45. The van der Waals surface area contributed by atoms with Gasteiger partial charge in [-0.05, 0) is 36.1 Å². The van der Waals surface area contributed by atoms with E-state index in [-0.39, 0.29) is 36.0 Å². The summed E-state index contributed by atoms with van der Waals surface area (Å²) in [7, 11) is -3.73. The first-order chi connectivity index (χ1) is 14.4. The third-order valence-electron chi connectivity index (χ3n) is 4.58. The fraction of sp³-hybridized carbons (Fsp3) is 0.316. The number of morpholine rings is 1. The van der Waals surface area contributed by atoms with Gasteiger partial charge in [-0.2, -0.15) is 20.6 Å². The van der Waals surface area contributed by atoms with Crippen LogP contribution in [0, 0.1) is 6.92 Å². The van der Waals surface area contributed by atoms with E-state index in [1.807, 2.05) is 16.8 Å². The van der Waals surface area contributed by atoms with E-state index in [1.165, 1.54) is 27.8 Å². The summed E-state index contributed by atoms with van der Waals surface area (Å²) in [6, 6.07) is 6.31. The number of carbonyl (C=O) groups is 1. The molecule has 0 atom stereocenters. The first-order valence-corrected chi connectivity index (χ1v) is 11.5. The molecule has 0 spiro atoms. The molecular weight excluding hydrogens is 430 g/mol. The van der Waals surface area contributed by atoms with Crippen LogP contribution < -0.4 is 0 Å². The molecule has 11 heteroatoms. The first kappa shape index (κ1) is 20.7. The lowest BCUT2D eigenvalue weighted by molar-refractivity contribution is 0.0459. The van der Waals surface area contributed by atoms with Gasteiger partial charge < -0.3 is 14.0 Å². The molecule has 0 aliphatic carbocycles. The fourth-order valence-corrected chi connectivity index (χ4v) is 5.25. The lowest BCUT2D eigenvalue weighted by Crippen LogP contribution is -2.40. The Balaban J connectivity index is 1.47. The highest BCUT2D eigenvalue weighted by Gasteiger charge is 2.28. The largest absolute Gasteiger partial charge is 0.454 e. The predicted molar refractivity (Wildman–Crippen MR) is 107 cm³/mol. The number of benzene rings is 1. The van der Waals surface area contributed by atoms with Gasteiger partial charge in [0.05, 0.1) is 29.2 Å². The summed E-state index contributed by atoms with van der Waals surface area (Å²) in [6.07, 6.45) is 0. The Labute approximate surface area is 177 Å². The number of esters is 1. The van der Waals surface area contributed by atoms with Crippen molar-refractivity contribution in [3.8, 4) is 11.5 Å². The summed E-state index contributed by atoms with van der Waals surface area (Å²) in [5.74, 6) is -0.107. The van der Waals surface area contributed by atoms with E-state index in [9.17, 15) is 13.2 Å². The number of aromatic nitrogens is 2. The van der Waals surface area contributed by atoms with Crippen LogP contribution in [0.1, 0.15) is 21.7 Å². The zero-order valence-corrected chi connectivity index (χ0v) is 17.7. The minimum Gasteiger partial charge on any atom is -0.454 e. The second-order valence-corrected chi connectivity index (χ2v) is 9.29. The van der Waals surface area contributed by atoms with Crippen molar-refractivity contribution in [1.29, 1.82) is 0 Å². The van der Waals surface area contributed by atoms with Gasteiger partial charge in [-0.25, -0.2) is 13.2 Å². The van der Waals surface area contributed by atoms with Crippen LogP contribution in [0.15, 0.2) is 44.4 Å². The van der Waals surface area contributed by atoms with Gasteiger partial charge in [-0.1, -0.05) is 11.2 Å². The van der Waals surface area contributed by atoms with Gasteiger partial charge in [0.15, 0.2) is 6.61 Å². The summed E-state index contributed by atoms with van der Waals surface area (Å²) in [5, 5.41) is 7.55. The third-order valence-corrected chi connectivity index (χ3v) is 7.30. The summed E-state index contributed by atoms with van der Waals surface area (Å²) in [5.41, 5.74) is 1.48. The molecule has 1 aromatic carbocycles. The van der Waals surface area contributed by atoms with Crippen LogP contribution in [0.5, 0.6) is 0 Å². The summed E-state index contributed by atoms with van der Waals surface area (Å²) in [6.45, 7) is 2.75. The number of nitrogens with zero attached hydrogens (tertiary/aromatic N) is 3. The van der Waals surface area contributed by atoms with Gasteiger partial charge in [-0.15, -0.1) is 0 Å². The minimum atomic E-state index is -3.73. The maximum atomic E-state index is 13.0. The van der Waals surface area contributed by atoms with Crippen molar-refractivity contribution in [3.63, 3.8) is 0 Å². The van der Waals surface area contributed by atoms with Crippen molar-refractivity contribution in [2.45, 2.75) is 18.4 Å². The average molecular weight is 450 g/mol. The van der Waals surface area contributed by atoms with Gasteiger partial charge in [0, 0.05) is 18.5 Å². The number of aryl methyl sites for hydroxylation is 1. The van der Waals surface area contributed by atoms with Gasteiger partial charge in [0.1, 0.15) is 0 Å². The zero-order valence-electron chi connectivity index (χ0n) is 16.1. The predicted octanol–water partition coefficient (Wildman–Crippen LogP) is 2.48. The SMILES string of the molecule is Cc1ccc(C(=O)OCc2noc(-c3ccsc3)n2)cc1S(=O)(=O)N1CCOCC1. The second kappa shape index (κ2) is 8.64. The molecule has 158 valence electrons. The van der Waals surface area contributed by atoms with Crippen molar-refractivity contribution in [1.82, 2.24) is 14.4 Å². The lowest BCUT2D eigenvalue weighted by Gasteiger charge is -2.26. The highest BCUT2D eigenvalue weighted by atomic mass is 32.2. The van der Waals surface area contributed by atoms with E-state index in [0.717, 1.165) is 5.56 Å². The molecule has 3 aromatic rings. The van der Waals surface area contributed by atoms with E-state index >= 15 is 0 Å². The monoisotopic (exact) mass is 449 g/mol. The molecule has 3 heterocycles. The van der Waals surface area contributed by atoms with E-state index in [0.29, 0.717) is 24.7 Å². The minimum absolute atomic E-state index is 0.0816. The number of thiophene rings is 1. The molecule has 9 nitrogen and oxygen atoms in total. The van der Waals surface area contributed by atoms with Gasteiger partial charge in [0.2, 0.25) is 15.8 Å². The lowest BCUT2D eigenvalue weighted by atomic mass is 10.1. The first-order valence-electron chi connectivity index (χ1n) is 9.16. The number of sulfonamides is 1. The summed E-state index contributed by atoms with van der Waals surface area (Å²) >= 11 is 1.50. The standard InChI is InChI=1S/C19H19N3O6S2/c1-13-2-3-14(10-16(13)30(24,25)22-5-7-26-8-6-22)19(23)27-11-17-20-18(28-21-17)15-4-9-29-12-15/h2-4,9-10,12H,5-8,11H2,1H3. The van der Waals surface area contributed by atoms with E-state index < -0.39 is 16.0 Å². The van der Waals surface area contributed by atoms with Crippen LogP contribution >= 0.6 is 11.3 Å². The Morgan fingerprint density at radius 2 is 2.07 bits per heavy atom. The Hall–Kier alpha value is -2.60. The molecule has 1 saturated heterocycles. The third kappa shape index (κ3) is 4.29. The van der Waals surface area contributed by atoms with Crippen molar-refractivity contribution < 1.29 is 27.2 Å². The second-order valence-electron chi connectivity index (χ2n) is 6.60. The van der Waals surface area contributed by atoms with Crippen LogP contribution in [0.3, 0.4) is 0 Å².